The summed E-state index contributed by atoms with van der Waals surface area (Å²) in [7, 11) is 0. The van der Waals surface area contributed by atoms with E-state index in [-0.39, 0.29) is 12.2 Å². The summed E-state index contributed by atoms with van der Waals surface area (Å²) in [6.45, 7) is 0.456. The van der Waals surface area contributed by atoms with Gasteiger partial charge in [-0.2, -0.15) is 13.2 Å². The predicted molar refractivity (Wildman–Crippen MR) is 95.1 cm³/mol. The average molecular weight is 377 g/mol. The van der Waals surface area contributed by atoms with Crippen molar-refractivity contribution in [3.8, 4) is 0 Å². The van der Waals surface area contributed by atoms with E-state index < -0.39 is 17.8 Å². The molecule has 2 aromatic rings. The van der Waals surface area contributed by atoms with E-state index in [2.05, 4.69) is 5.32 Å². The second-order valence-corrected chi connectivity index (χ2v) is 5.64. The quantitative estimate of drug-likeness (QED) is 0.554. The second kappa shape index (κ2) is 9.56. The molecule has 0 bridgehead atoms. The third kappa shape index (κ3) is 6.62. The second-order valence-electron chi connectivity index (χ2n) is 5.64. The normalized spacial score (nSPS) is 11.4. The van der Waals surface area contributed by atoms with Crippen LogP contribution in [0.1, 0.15) is 33.5 Å². The highest BCUT2D eigenvalue weighted by Gasteiger charge is 2.30. The lowest BCUT2D eigenvalue weighted by Gasteiger charge is -2.08. The van der Waals surface area contributed by atoms with Gasteiger partial charge < -0.3 is 10.1 Å². The van der Waals surface area contributed by atoms with Crippen LogP contribution in [0.3, 0.4) is 0 Å². The first-order chi connectivity index (χ1) is 12.9. The minimum Gasteiger partial charge on any atom is -0.445 e. The zero-order valence-electron chi connectivity index (χ0n) is 14.3. The van der Waals surface area contributed by atoms with Gasteiger partial charge in [0.25, 0.3) is 0 Å². The van der Waals surface area contributed by atoms with Crippen molar-refractivity contribution in [1.82, 2.24) is 5.32 Å². The summed E-state index contributed by atoms with van der Waals surface area (Å²) in [5.74, 6) is 0. The number of aldehydes is 1. The molecule has 7 heteroatoms. The molecule has 2 aromatic carbocycles. The van der Waals surface area contributed by atoms with Crippen LogP contribution >= 0.6 is 0 Å². The molecule has 142 valence electrons. The lowest BCUT2D eigenvalue weighted by atomic mass is 10.0. The van der Waals surface area contributed by atoms with E-state index in [0.29, 0.717) is 24.8 Å². The van der Waals surface area contributed by atoms with E-state index in [0.717, 1.165) is 17.7 Å². The molecule has 4 nitrogen and oxygen atoms in total. The van der Waals surface area contributed by atoms with Gasteiger partial charge >= 0.3 is 12.3 Å². The number of ether oxygens (including phenoxy) is 1. The molecular formula is C20H18F3NO3. The number of alkyl halides is 3. The first-order valence-corrected chi connectivity index (χ1v) is 8.17. The number of nitrogens with one attached hydrogen (secondary N) is 1. The van der Waals surface area contributed by atoms with Crippen molar-refractivity contribution in [2.75, 3.05) is 6.54 Å². The first-order valence-electron chi connectivity index (χ1n) is 8.17. The van der Waals surface area contributed by atoms with Crippen LogP contribution in [-0.4, -0.2) is 18.9 Å². The number of carbonyl (C=O) groups excluding carboxylic acids is 2. The van der Waals surface area contributed by atoms with E-state index in [1.165, 1.54) is 6.07 Å². The molecule has 1 N–H and O–H groups in total. The van der Waals surface area contributed by atoms with Gasteiger partial charge in [-0.25, -0.2) is 4.79 Å². The number of amides is 1. The van der Waals surface area contributed by atoms with Crippen LogP contribution in [0.4, 0.5) is 18.0 Å². The zero-order chi connectivity index (χ0) is 19.7. The summed E-state index contributed by atoms with van der Waals surface area (Å²) in [6.07, 6.45) is -1.04. The lowest BCUT2D eigenvalue weighted by molar-refractivity contribution is -0.137. The third-order valence-electron chi connectivity index (χ3n) is 3.63. The summed E-state index contributed by atoms with van der Waals surface area (Å²) in [6, 6.07) is 12.2. The van der Waals surface area contributed by atoms with Gasteiger partial charge in [0, 0.05) is 12.1 Å². The van der Waals surface area contributed by atoms with Gasteiger partial charge in [0.2, 0.25) is 0 Å². The van der Waals surface area contributed by atoms with Gasteiger partial charge in [0.05, 0.1) is 5.56 Å². The van der Waals surface area contributed by atoms with Crippen LogP contribution in [0.2, 0.25) is 0 Å². The Bertz CT molecular complexity index is 802. The Morgan fingerprint density at radius 1 is 1.07 bits per heavy atom. The molecule has 0 atom stereocenters. The van der Waals surface area contributed by atoms with Crippen LogP contribution in [-0.2, 0) is 17.5 Å². The fourth-order valence-electron chi connectivity index (χ4n) is 2.25. The Labute approximate surface area is 154 Å². The molecule has 0 fully saturated rings. The Morgan fingerprint density at radius 3 is 2.48 bits per heavy atom. The smallest absolute Gasteiger partial charge is 0.416 e. The number of carbonyl (C=O) groups is 2. The van der Waals surface area contributed by atoms with Crippen LogP contribution in [0.15, 0.2) is 54.6 Å². The zero-order valence-corrected chi connectivity index (χ0v) is 14.3. The van der Waals surface area contributed by atoms with Gasteiger partial charge in [0.15, 0.2) is 6.29 Å². The van der Waals surface area contributed by atoms with Gasteiger partial charge in [-0.15, -0.1) is 0 Å². The van der Waals surface area contributed by atoms with Crippen molar-refractivity contribution in [3.05, 3.63) is 76.9 Å². The molecule has 27 heavy (non-hydrogen) atoms. The number of rotatable bonds is 7. The van der Waals surface area contributed by atoms with Crippen LogP contribution in [0.25, 0.3) is 6.08 Å². The molecule has 0 saturated carbocycles. The van der Waals surface area contributed by atoms with Crippen molar-refractivity contribution in [1.29, 1.82) is 0 Å². The monoisotopic (exact) mass is 377 g/mol. The maximum Gasteiger partial charge on any atom is 0.416 e. The van der Waals surface area contributed by atoms with Gasteiger partial charge in [0.1, 0.15) is 6.61 Å². The van der Waals surface area contributed by atoms with Crippen molar-refractivity contribution in [3.63, 3.8) is 0 Å². The van der Waals surface area contributed by atoms with Gasteiger partial charge in [-0.3, -0.25) is 4.79 Å². The van der Waals surface area contributed by atoms with E-state index in [1.54, 1.807) is 12.2 Å². The Balaban J connectivity index is 1.78. The molecule has 0 heterocycles. The fraction of sp³-hybridized carbons (Fsp3) is 0.200. The van der Waals surface area contributed by atoms with E-state index >= 15 is 0 Å². The lowest BCUT2D eigenvalue weighted by Crippen LogP contribution is -2.24. The van der Waals surface area contributed by atoms with Crippen LogP contribution < -0.4 is 5.32 Å². The molecule has 0 aromatic heterocycles. The average Bonchev–Trinajstić information content (AvgIpc) is 2.66. The summed E-state index contributed by atoms with van der Waals surface area (Å²) >= 11 is 0. The standard InChI is InChI=1S/C20H18F3NO3/c21-20(22,23)18-10-9-16(17(12-18)13-25)8-4-5-11-24-19(26)27-14-15-6-2-1-3-7-15/h1-4,6-10,12-13H,5,11,14H2,(H,24,26). The van der Waals surface area contributed by atoms with E-state index in [1.807, 2.05) is 30.3 Å². The highest BCUT2D eigenvalue weighted by Crippen LogP contribution is 2.30. The number of hydrogen-bond donors (Lipinski definition) is 1. The van der Waals surface area contributed by atoms with Gasteiger partial charge in [-0.1, -0.05) is 48.6 Å². The van der Waals surface area contributed by atoms with Crippen LogP contribution in [0, 0.1) is 0 Å². The predicted octanol–water partition coefficient (Wildman–Crippen LogP) is 4.85. The SMILES string of the molecule is O=Cc1cc(C(F)(F)F)ccc1C=CCCNC(=O)OCc1ccccc1. The number of alkyl carbamates (subject to hydrolysis) is 1. The van der Waals surface area contributed by atoms with Crippen LogP contribution in [0.5, 0.6) is 0 Å². The molecule has 0 spiro atoms. The topological polar surface area (TPSA) is 55.4 Å². The minimum atomic E-state index is -4.50. The molecule has 0 aliphatic heterocycles. The summed E-state index contributed by atoms with van der Waals surface area (Å²) < 4.78 is 43.0. The highest BCUT2D eigenvalue weighted by atomic mass is 19.4. The summed E-state index contributed by atoms with van der Waals surface area (Å²) in [5, 5.41) is 2.57. The highest BCUT2D eigenvalue weighted by molar-refractivity contribution is 5.82. The molecule has 1 amide bonds. The number of benzene rings is 2. The van der Waals surface area contributed by atoms with E-state index in [4.69, 9.17) is 4.74 Å². The molecule has 0 saturated heterocycles. The number of hydrogen-bond acceptors (Lipinski definition) is 3. The first kappa shape index (κ1) is 20.2. The largest absolute Gasteiger partial charge is 0.445 e. The van der Waals surface area contributed by atoms with Crippen molar-refractivity contribution < 1.29 is 27.5 Å². The Morgan fingerprint density at radius 2 is 1.81 bits per heavy atom. The Hall–Kier alpha value is -3.09. The third-order valence-corrected chi connectivity index (χ3v) is 3.63. The fourth-order valence-corrected chi connectivity index (χ4v) is 2.25. The summed E-state index contributed by atoms with van der Waals surface area (Å²) in [5.41, 5.74) is 0.335. The minimum absolute atomic E-state index is 0.0451. The van der Waals surface area contributed by atoms with Crippen molar-refractivity contribution >= 4 is 18.5 Å². The van der Waals surface area contributed by atoms with Crippen molar-refractivity contribution in [2.45, 2.75) is 19.2 Å². The number of halogens is 3. The molecule has 2 rings (SSSR count). The molecular weight excluding hydrogens is 359 g/mol. The maximum absolute atomic E-state index is 12.6. The molecule has 0 unspecified atom stereocenters. The molecule has 0 aliphatic carbocycles. The van der Waals surface area contributed by atoms with Gasteiger partial charge in [-0.05, 0) is 29.7 Å². The molecule has 0 aliphatic rings. The van der Waals surface area contributed by atoms with Crippen molar-refractivity contribution in [2.24, 2.45) is 0 Å². The maximum atomic E-state index is 12.6. The summed E-state index contributed by atoms with van der Waals surface area (Å²) in [4.78, 5) is 22.6. The molecule has 0 radical (unpaired) electrons. The Kier molecular flexibility index (Phi) is 7.16. The van der Waals surface area contributed by atoms with E-state index in [9.17, 15) is 22.8 Å².